The highest BCUT2D eigenvalue weighted by Gasteiger charge is 2.17. The third-order valence-electron chi connectivity index (χ3n) is 4.51. The zero-order chi connectivity index (χ0) is 21.3. The molecule has 2 N–H and O–H groups in total. The van der Waals surface area contributed by atoms with Crippen LogP contribution in [0.15, 0.2) is 63.2 Å². The maximum atomic E-state index is 13.0. The van der Waals surface area contributed by atoms with Gasteiger partial charge in [-0.15, -0.1) is 0 Å². The Morgan fingerprint density at radius 1 is 1.17 bits per heavy atom. The van der Waals surface area contributed by atoms with Crippen LogP contribution in [0.2, 0.25) is 5.02 Å². The fraction of sp³-hybridized carbons (Fsp3) is 0.100. The molecule has 0 aliphatic rings. The molecule has 0 fully saturated rings. The number of nitrogens with zero attached hydrogens (tertiary/aromatic N) is 4. The van der Waals surface area contributed by atoms with Crippen LogP contribution in [-0.4, -0.2) is 25.3 Å². The topological polar surface area (TPSA) is 97.1 Å². The molecular weight excluding hydrogens is 411 g/mol. The van der Waals surface area contributed by atoms with Crippen molar-refractivity contribution in [3.63, 3.8) is 0 Å². The lowest BCUT2D eigenvalue weighted by atomic mass is 10.2. The van der Waals surface area contributed by atoms with Crippen LogP contribution >= 0.6 is 11.6 Å². The van der Waals surface area contributed by atoms with Crippen molar-refractivity contribution in [3.05, 3.63) is 91.3 Å². The van der Waals surface area contributed by atoms with Crippen molar-refractivity contribution in [3.8, 4) is 0 Å². The summed E-state index contributed by atoms with van der Waals surface area (Å²) in [6.45, 7) is 0.295. The van der Waals surface area contributed by atoms with Gasteiger partial charge in [0, 0.05) is 12.1 Å². The first-order chi connectivity index (χ1) is 14.4. The maximum absolute atomic E-state index is 13.0. The molecule has 0 bridgehead atoms. The SMILES string of the molecule is Cn1c(=O)[nH]c(=O)c2c1nc(N/N=C/c1ccc(F)cc1)n2Cc1ccc(Cl)cc1. The van der Waals surface area contributed by atoms with E-state index in [2.05, 4.69) is 20.5 Å². The van der Waals surface area contributed by atoms with Crippen molar-refractivity contribution in [2.45, 2.75) is 6.54 Å². The largest absolute Gasteiger partial charge is 0.329 e. The Balaban J connectivity index is 1.77. The fourth-order valence-electron chi connectivity index (χ4n) is 2.96. The predicted molar refractivity (Wildman–Crippen MR) is 114 cm³/mol. The molecular formula is C20H16ClFN6O2. The van der Waals surface area contributed by atoms with Gasteiger partial charge in [-0.2, -0.15) is 10.1 Å². The number of halogens is 2. The molecule has 152 valence electrons. The van der Waals surface area contributed by atoms with E-state index >= 15 is 0 Å². The van der Waals surface area contributed by atoms with Crippen molar-refractivity contribution in [1.29, 1.82) is 0 Å². The number of hydrazone groups is 1. The highest BCUT2D eigenvalue weighted by Crippen LogP contribution is 2.19. The number of hydrogen-bond acceptors (Lipinski definition) is 5. The molecule has 0 atom stereocenters. The number of nitrogens with one attached hydrogen (secondary N) is 2. The molecule has 0 radical (unpaired) electrons. The standard InChI is InChI=1S/C20H16ClFN6O2/c1-27-17-16(18(29)25-20(27)30)28(11-13-2-6-14(21)7-3-13)19(24-17)26-23-10-12-4-8-15(22)9-5-12/h2-10H,11H2,1H3,(H,24,26)(H,25,29,30)/b23-10+. The van der Waals surface area contributed by atoms with Crippen molar-refractivity contribution >= 4 is 34.9 Å². The summed E-state index contributed by atoms with van der Waals surface area (Å²) in [5, 5.41) is 4.73. The van der Waals surface area contributed by atoms with Gasteiger partial charge in [0.1, 0.15) is 5.82 Å². The zero-order valence-electron chi connectivity index (χ0n) is 15.8. The molecule has 0 saturated carbocycles. The van der Waals surface area contributed by atoms with Crippen LogP contribution in [0, 0.1) is 5.82 Å². The Labute approximate surface area is 174 Å². The smallest absolute Gasteiger partial charge is 0.298 e. The van der Waals surface area contributed by atoms with E-state index in [0.717, 1.165) is 5.56 Å². The molecule has 4 aromatic rings. The van der Waals surface area contributed by atoms with Gasteiger partial charge in [-0.1, -0.05) is 35.9 Å². The Bertz CT molecular complexity index is 1350. The molecule has 0 aliphatic carbocycles. The summed E-state index contributed by atoms with van der Waals surface area (Å²) in [5.74, 6) is -0.0741. The van der Waals surface area contributed by atoms with Gasteiger partial charge in [0.15, 0.2) is 11.2 Å². The second kappa shape index (κ2) is 7.96. The van der Waals surface area contributed by atoms with E-state index in [0.29, 0.717) is 17.1 Å². The molecule has 4 rings (SSSR count). The highest BCUT2D eigenvalue weighted by molar-refractivity contribution is 6.30. The third kappa shape index (κ3) is 3.87. The molecule has 0 spiro atoms. The minimum atomic E-state index is -0.565. The number of aryl methyl sites for hydroxylation is 1. The molecule has 2 heterocycles. The molecule has 30 heavy (non-hydrogen) atoms. The molecule has 0 unspecified atom stereocenters. The van der Waals surface area contributed by atoms with Gasteiger partial charge < -0.3 is 0 Å². The zero-order valence-corrected chi connectivity index (χ0v) is 16.5. The van der Waals surface area contributed by atoms with E-state index in [1.54, 1.807) is 28.8 Å². The van der Waals surface area contributed by atoms with Crippen LogP contribution in [0.4, 0.5) is 10.3 Å². The number of aromatic amines is 1. The number of fused-ring (bicyclic) bond motifs is 1. The van der Waals surface area contributed by atoms with Crippen LogP contribution in [0.1, 0.15) is 11.1 Å². The highest BCUT2D eigenvalue weighted by atomic mass is 35.5. The van der Waals surface area contributed by atoms with Crippen LogP contribution in [0.25, 0.3) is 11.2 Å². The van der Waals surface area contributed by atoms with E-state index in [1.807, 2.05) is 12.1 Å². The summed E-state index contributed by atoms with van der Waals surface area (Å²) < 4.78 is 15.9. The number of H-pyrrole nitrogens is 1. The molecule has 2 aromatic carbocycles. The quantitative estimate of drug-likeness (QED) is 0.379. The van der Waals surface area contributed by atoms with E-state index < -0.39 is 11.2 Å². The molecule has 10 heteroatoms. The summed E-state index contributed by atoms with van der Waals surface area (Å²) >= 11 is 5.95. The average molecular weight is 427 g/mol. The first kappa shape index (κ1) is 19.6. The minimum Gasteiger partial charge on any atom is -0.298 e. The van der Waals surface area contributed by atoms with Crippen LogP contribution < -0.4 is 16.7 Å². The van der Waals surface area contributed by atoms with Crippen LogP contribution in [0.3, 0.4) is 0 Å². The second-order valence-corrected chi connectivity index (χ2v) is 7.00. The number of anilines is 1. The number of hydrogen-bond donors (Lipinski definition) is 2. The summed E-state index contributed by atoms with van der Waals surface area (Å²) in [7, 11) is 1.52. The van der Waals surface area contributed by atoms with Gasteiger partial charge in [0.05, 0.1) is 12.8 Å². The van der Waals surface area contributed by atoms with Crippen molar-refractivity contribution in [1.82, 2.24) is 19.1 Å². The van der Waals surface area contributed by atoms with Crippen molar-refractivity contribution in [2.75, 3.05) is 5.43 Å². The molecule has 0 aliphatic heterocycles. The summed E-state index contributed by atoms with van der Waals surface area (Å²) in [6, 6.07) is 13.0. The van der Waals surface area contributed by atoms with E-state index in [4.69, 9.17) is 11.6 Å². The Morgan fingerprint density at radius 2 is 1.87 bits per heavy atom. The third-order valence-corrected chi connectivity index (χ3v) is 4.76. The van der Waals surface area contributed by atoms with Crippen LogP contribution in [-0.2, 0) is 13.6 Å². The summed E-state index contributed by atoms with van der Waals surface area (Å²) in [4.78, 5) is 31.1. The maximum Gasteiger partial charge on any atom is 0.329 e. The molecule has 0 amide bonds. The van der Waals surface area contributed by atoms with Gasteiger partial charge in [-0.25, -0.2) is 14.6 Å². The number of aromatic nitrogens is 4. The van der Waals surface area contributed by atoms with Gasteiger partial charge in [-0.05, 0) is 35.4 Å². The second-order valence-electron chi connectivity index (χ2n) is 6.56. The fourth-order valence-corrected chi connectivity index (χ4v) is 3.09. The summed E-state index contributed by atoms with van der Waals surface area (Å²) in [5.41, 5.74) is 3.69. The lowest BCUT2D eigenvalue weighted by molar-refractivity contribution is 0.628. The van der Waals surface area contributed by atoms with Crippen molar-refractivity contribution in [2.24, 2.45) is 12.1 Å². The molecule has 0 saturated heterocycles. The van der Waals surface area contributed by atoms with Gasteiger partial charge >= 0.3 is 5.69 Å². The normalized spacial score (nSPS) is 11.4. The van der Waals surface area contributed by atoms with E-state index in [-0.39, 0.29) is 22.9 Å². The first-order valence-corrected chi connectivity index (χ1v) is 9.29. The minimum absolute atomic E-state index is 0.220. The van der Waals surface area contributed by atoms with Gasteiger partial charge in [-0.3, -0.25) is 18.9 Å². The molecule has 8 nitrogen and oxygen atoms in total. The first-order valence-electron chi connectivity index (χ1n) is 8.91. The monoisotopic (exact) mass is 426 g/mol. The van der Waals surface area contributed by atoms with Crippen LogP contribution in [0.5, 0.6) is 0 Å². The van der Waals surface area contributed by atoms with Crippen molar-refractivity contribution < 1.29 is 4.39 Å². The lowest BCUT2D eigenvalue weighted by Gasteiger charge is -2.08. The number of imidazole rings is 1. The summed E-state index contributed by atoms with van der Waals surface area (Å²) in [6.07, 6.45) is 1.49. The average Bonchev–Trinajstić information content (AvgIpc) is 3.08. The number of benzene rings is 2. The van der Waals surface area contributed by atoms with Gasteiger partial charge in [0.25, 0.3) is 5.56 Å². The number of rotatable bonds is 5. The van der Waals surface area contributed by atoms with E-state index in [9.17, 15) is 14.0 Å². The predicted octanol–water partition coefficient (Wildman–Crippen LogP) is 2.71. The van der Waals surface area contributed by atoms with Gasteiger partial charge in [0.2, 0.25) is 5.95 Å². The Morgan fingerprint density at radius 3 is 2.57 bits per heavy atom. The van der Waals surface area contributed by atoms with E-state index in [1.165, 1.54) is 30.0 Å². The lowest BCUT2D eigenvalue weighted by Crippen LogP contribution is -2.29. The Hall–Kier alpha value is -3.72. The molecule has 2 aromatic heterocycles. The Kier molecular flexibility index (Phi) is 5.20.